The number of amidine groups is 1. The summed E-state index contributed by atoms with van der Waals surface area (Å²) in [5.74, 6) is 0.00913. The van der Waals surface area contributed by atoms with Gasteiger partial charge in [-0.2, -0.15) is 4.99 Å². The van der Waals surface area contributed by atoms with Gasteiger partial charge in [-0.3, -0.25) is 4.79 Å². The van der Waals surface area contributed by atoms with E-state index >= 15 is 0 Å². The van der Waals surface area contributed by atoms with E-state index in [1.165, 1.54) is 23.1 Å². The van der Waals surface area contributed by atoms with Gasteiger partial charge in [-0.1, -0.05) is 35.2 Å². The number of fused-ring (bicyclic) bond motifs is 1. The summed E-state index contributed by atoms with van der Waals surface area (Å²) in [4.78, 5) is 20.1. The number of hydrogen-bond acceptors (Lipinski definition) is 5. The van der Waals surface area contributed by atoms with Crippen molar-refractivity contribution in [1.82, 2.24) is 10.3 Å². The summed E-state index contributed by atoms with van der Waals surface area (Å²) in [5.41, 5.74) is 0.944. The summed E-state index contributed by atoms with van der Waals surface area (Å²) in [6, 6.07) is 7.90. The minimum Gasteiger partial charge on any atom is -0.304 e. The molecule has 4 nitrogen and oxygen atoms in total. The fraction of sp³-hybridized carbons (Fsp3) is 0.182. The van der Waals surface area contributed by atoms with E-state index in [0.717, 1.165) is 10.2 Å². The van der Waals surface area contributed by atoms with E-state index in [1.807, 2.05) is 31.2 Å². The van der Waals surface area contributed by atoms with Crippen molar-refractivity contribution in [2.24, 2.45) is 4.99 Å². The van der Waals surface area contributed by atoms with Crippen molar-refractivity contribution in [3.05, 3.63) is 24.3 Å². The van der Waals surface area contributed by atoms with Crippen LogP contribution in [0.5, 0.6) is 0 Å². The van der Waals surface area contributed by atoms with Crippen LogP contribution in [0.15, 0.2) is 29.3 Å². The first-order valence-electron chi connectivity index (χ1n) is 5.14. The third-order valence-electron chi connectivity index (χ3n) is 2.37. The van der Waals surface area contributed by atoms with E-state index in [0.29, 0.717) is 10.3 Å². The van der Waals surface area contributed by atoms with Gasteiger partial charge in [-0.25, -0.2) is 4.98 Å². The first kappa shape index (κ1) is 10.7. The van der Waals surface area contributed by atoms with Crippen LogP contribution in [0.25, 0.3) is 10.2 Å². The van der Waals surface area contributed by atoms with Crippen LogP contribution in [0.1, 0.15) is 6.92 Å². The minimum atomic E-state index is -0.0665. The summed E-state index contributed by atoms with van der Waals surface area (Å²) in [6.07, 6.45) is 0. The highest BCUT2D eigenvalue weighted by molar-refractivity contribution is 8.15. The van der Waals surface area contributed by atoms with Gasteiger partial charge in [0.25, 0.3) is 0 Å². The second-order valence-corrected chi connectivity index (χ2v) is 5.97. The van der Waals surface area contributed by atoms with Crippen molar-refractivity contribution >= 4 is 49.5 Å². The molecule has 3 rings (SSSR count). The zero-order valence-corrected chi connectivity index (χ0v) is 10.6. The largest absolute Gasteiger partial charge is 0.304 e. The standard InChI is InChI=1S/C11H9N3OS2/c1-6-9(15)13-11(16-6)14-10-12-7-4-2-3-5-8(7)17-10/h2-6H,1H3,(H,12,13,14,15). The molecule has 2 aromatic rings. The van der Waals surface area contributed by atoms with Crippen LogP contribution >= 0.6 is 23.1 Å². The number of benzene rings is 1. The van der Waals surface area contributed by atoms with Crippen LogP contribution in [0.2, 0.25) is 0 Å². The number of amides is 1. The first-order valence-corrected chi connectivity index (χ1v) is 6.84. The normalized spacial score (nSPS) is 22.3. The van der Waals surface area contributed by atoms with Gasteiger partial charge in [0.2, 0.25) is 11.0 Å². The molecule has 1 aromatic carbocycles. The van der Waals surface area contributed by atoms with Gasteiger partial charge in [0.15, 0.2) is 5.17 Å². The molecular formula is C11H9N3OS2. The van der Waals surface area contributed by atoms with E-state index in [9.17, 15) is 4.79 Å². The molecule has 1 saturated heterocycles. The van der Waals surface area contributed by atoms with Gasteiger partial charge in [-0.15, -0.1) is 0 Å². The Balaban J connectivity index is 1.95. The first-order chi connectivity index (χ1) is 8.22. The second kappa shape index (κ2) is 4.12. The monoisotopic (exact) mass is 263 g/mol. The van der Waals surface area contributed by atoms with Gasteiger partial charge in [0.1, 0.15) is 0 Å². The number of aliphatic imine (C=N–C) groups is 1. The Morgan fingerprint density at radius 3 is 2.94 bits per heavy atom. The van der Waals surface area contributed by atoms with E-state index in [2.05, 4.69) is 15.3 Å². The molecule has 0 bridgehead atoms. The number of rotatable bonds is 1. The van der Waals surface area contributed by atoms with E-state index in [-0.39, 0.29) is 11.2 Å². The topological polar surface area (TPSA) is 54.4 Å². The molecule has 1 aliphatic heterocycles. The Hall–Kier alpha value is -1.40. The molecule has 1 atom stereocenters. The number of aromatic nitrogens is 1. The van der Waals surface area contributed by atoms with Crippen LogP contribution < -0.4 is 5.32 Å². The van der Waals surface area contributed by atoms with E-state index < -0.39 is 0 Å². The van der Waals surface area contributed by atoms with Gasteiger partial charge < -0.3 is 5.32 Å². The van der Waals surface area contributed by atoms with Crippen molar-refractivity contribution in [1.29, 1.82) is 0 Å². The molecule has 1 aliphatic rings. The molecule has 2 heterocycles. The number of nitrogens with zero attached hydrogens (tertiary/aromatic N) is 2. The van der Waals surface area contributed by atoms with Crippen molar-refractivity contribution < 1.29 is 4.79 Å². The number of hydrogen-bond donors (Lipinski definition) is 1. The molecule has 1 unspecified atom stereocenters. The number of carbonyl (C=O) groups is 1. The van der Waals surface area contributed by atoms with Crippen molar-refractivity contribution in [2.45, 2.75) is 12.2 Å². The summed E-state index contributed by atoms with van der Waals surface area (Å²) in [5, 5.41) is 3.99. The lowest BCUT2D eigenvalue weighted by Gasteiger charge is -1.90. The highest BCUT2D eigenvalue weighted by atomic mass is 32.2. The maximum atomic E-state index is 11.3. The molecule has 0 aliphatic carbocycles. The van der Waals surface area contributed by atoms with Crippen LogP contribution in [-0.4, -0.2) is 21.3 Å². The number of carbonyl (C=O) groups excluding carboxylic acids is 1. The molecule has 1 N–H and O–H groups in total. The Kier molecular flexibility index (Phi) is 2.60. The van der Waals surface area contributed by atoms with Crippen molar-refractivity contribution in [2.75, 3.05) is 0 Å². The fourth-order valence-electron chi connectivity index (χ4n) is 1.51. The highest BCUT2D eigenvalue weighted by Crippen LogP contribution is 2.29. The maximum absolute atomic E-state index is 11.3. The Morgan fingerprint density at radius 2 is 2.24 bits per heavy atom. The predicted octanol–water partition coefficient (Wildman–Crippen LogP) is 2.54. The zero-order valence-electron chi connectivity index (χ0n) is 9.01. The molecule has 0 radical (unpaired) electrons. The highest BCUT2D eigenvalue weighted by Gasteiger charge is 2.26. The SMILES string of the molecule is CC1S/C(=N\c2nc3ccccc3s2)NC1=O. The molecule has 6 heteroatoms. The number of para-hydroxylation sites is 1. The Morgan fingerprint density at radius 1 is 1.41 bits per heavy atom. The van der Waals surface area contributed by atoms with Gasteiger partial charge in [-0.05, 0) is 19.1 Å². The lowest BCUT2D eigenvalue weighted by molar-refractivity contribution is -0.118. The third kappa shape index (κ3) is 2.05. The maximum Gasteiger partial charge on any atom is 0.239 e. The predicted molar refractivity (Wildman–Crippen MR) is 71.9 cm³/mol. The quantitative estimate of drug-likeness (QED) is 0.860. The summed E-state index contributed by atoms with van der Waals surface area (Å²) < 4.78 is 1.11. The van der Waals surface area contributed by atoms with Crippen molar-refractivity contribution in [3.8, 4) is 0 Å². The molecule has 1 fully saturated rings. The second-order valence-electron chi connectivity index (χ2n) is 3.63. The molecule has 86 valence electrons. The van der Waals surface area contributed by atoms with Crippen LogP contribution in [0, 0.1) is 0 Å². The van der Waals surface area contributed by atoms with Gasteiger partial charge >= 0.3 is 0 Å². The third-order valence-corrected chi connectivity index (χ3v) is 4.28. The minimum absolute atomic E-state index is 0.00913. The summed E-state index contributed by atoms with van der Waals surface area (Å²) >= 11 is 2.96. The summed E-state index contributed by atoms with van der Waals surface area (Å²) in [7, 11) is 0. The molecule has 1 amide bonds. The molecule has 0 spiro atoms. The van der Waals surface area contributed by atoms with E-state index in [1.54, 1.807) is 0 Å². The van der Waals surface area contributed by atoms with E-state index in [4.69, 9.17) is 0 Å². The van der Waals surface area contributed by atoms with Crippen LogP contribution in [0.3, 0.4) is 0 Å². The lowest BCUT2D eigenvalue weighted by Crippen LogP contribution is -2.23. The zero-order chi connectivity index (χ0) is 11.8. The fourth-order valence-corrected chi connectivity index (χ4v) is 3.21. The number of thiazole rings is 1. The molecule has 1 aromatic heterocycles. The van der Waals surface area contributed by atoms with Crippen molar-refractivity contribution in [3.63, 3.8) is 0 Å². The number of nitrogens with one attached hydrogen (secondary N) is 1. The Labute approximate surface area is 106 Å². The molecule has 0 saturated carbocycles. The average molecular weight is 263 g/mol. The van der Waals surface area contributed by atoms with Crippen LogP contribution in [0.4, 0.5) is 5.13 Å². The van der Waals surface area contributed by atoms with Crippen LogP contribution in [-0.2, 0) is 4.79 Å². The van der Waals surface area contributed by atoms with Gasteiger partial charge in [0, 0.05) is 0 Å². The molecule has 17 heavy (non-hydrogen) atoms. The molecular weight excluding hydrogens is 254 g/mol. The Bertz CT molecular complexity index is 587. The lowest BCUT2D eigenvalue weighted by atomic mass is 10.3. The number of thioether (sulfide) groups is 1. The smallest absolute Gasteiger partial charge is 0.239 e. The van der Waals surface area contributed by atoms with Gasteiger partial charge in [0.05, 0.1) is 15.5 Å². The summed E-state index contributed by atoms with van der Waals surface area (Å²) in [6.45, 7) is 1.86. The average Bonchev–Trinajstić information content (AvgIpc) is 2.83.